The summed E-state index contributed by atoms with van der Waals surface area (Å²) < 4.78 is 1.59. The van der Waals surface area contributed by atoms with Gasteiger partial charge in [-0.05, 0) is 55.3 Å². The molecular weight excluding hydrogens is 366 g/mol. The number of aliphatic hydroxyl groups is 1. The molecule has 0 atom stereocenters. The predicted octanol–water partition coefficient (Wildman–Crippen LogP) is 2.68. The maximum absolute atomic E-state index is 13.2. The SMILES string of the molecule is O=c1c(-c2ccncc2)nc(CCCO)cn1-c1ccc(-c2ncccn2)cc1. The lowest BCUT2D eigenvalue weighted by Gasteiger charge is -2.12. The van der Waals surface area contributed by atoms with Crippen LogP contribution in [0, 0.1) is 0 Å². The number of aliphatic hydroxyl groups excluding tert-OH is 1. The standard InChI is InChI=1S/C22H19N5O2/c28-14-1-3-18-15-27(22(29)20(26-18)16-8-12-23-13-9-16)19-6-4-17(5-7-19)21-24-10-2-11-25-21/h2,4-13,15,28H,1,3,14H2. The number of nitrogens with zero attached hydrogens (tertiary/aromatic N) is 5. The monoisotopic (exact) mass is 385 g/mol. The second-order valence-corrected chi connectivity index (χ2v) is 6.44. The Balaban J connectivity index is 1.79. The van der Waals surface area contributed by atoms with E-state index in [-0.39, 0.29) is 12.2 Å². The Bertz CT molecular complexity index is 1140. The Hall–Kier alpha value is -3.71. The van der Waals surface area contributed by atoms with Gasteiger partial charge in [0.2, 0.25) is 0 Å². The van der Waals surface area contributed by atoms with Crippen molar-refractivity contribution < 1.29 is 5.11 Å². The van der Waals surface area contributed by atoms with Crippen LogP contribution >= 0.6 is 0 Å². The summed E-state index contributed by atoms with van der Waals surface area (Å²) in [6, 6.07) is 12.8. The topological polar surface area (TPSA) is 93.8 Å². The zero-order chi connectivity index (χ0) is 20.1. The number of benzene rings is 1. The van der Waals surface area contributed by atoms with Gasteiger partial charge in [-0.2, -0.15) is 0 Å². The van der Waals surface area contributed by atoms with Gasteiger partial charge in [0.1, 0.15) is 5.69 Å². The van der Waals surface area contributed by atoms with Crippen molar-refractivity contribution in [2.45, 2.75) is 12.8 Å². The van der Waals surface area contributed by atoms with Gasteiger partial charge in [0, 0.05) is 54.4 Å². The highest BCUT2D eigenvalue weighted by Crippen LogP contribution is 2.18. The fourth-order valence-corrected chi connectivity index (χ4v) is 3.03. The largest absolute Gasteiger partial charge is 0.396 e. The van der Waals surface area contributed by atoms with Gasteiger partial charge >= 0.3 is 0 Å². The van der Waals surface area contributed by atoms with Gasteiger partial charge in [-0.3, -0.25) is 14.3 Å². The van der Waals surface area contributed by atoms with Gasteiger partial charge in [0.15, 0.2) is 5.82 Å². The van der Waals surface area contributed by atoms with E-state index in [0.717, 1.165) is 16.9 Å². The van der Waals surface area contributed by atoms with E-state index in [9.17, 15) is 9.90 Å². The average molecular weight is 385 g/mol. The molecule has 0 amide bonds. The Morgan fingerprint density at radius 3 is 2.31 bits per heavy atom. The fraction of sp³-hybridized carbons (Fsp3) is 0.136. The third-order valence-corrected chi connectivity index (χ3v) is 4.47. The van der Waals surface area contributed by atoms with Gasteiger partial charge in [-0.15, -0.1) is 0 Å². The van der Waals surface area contributed by atoms with E-state index >= 15 is 0 Å². The summed E-state index contributed by atoms with van der Waals surface area (Å²) in [5.74, 6) is 0.627. The summed E-state index contributed by atoms with van der Waals surface area (Å²) in [5.41, 5.74) is 3.18. The number of aryl methyl sites for hydroxylation is 1. The van der Waals surface area contributed by atoms with E-state index < -0.39 is 0 Å². The van der Waals surface area contributed by atoms with Crippen LogP contribution in [0.3, 0.4) is 0 Å². The van der Waals surface area contributed by atoms with Gasteiger partial charge < -0.3 is 5.11 Å². The second-order valence-electron chi connectivity index (χ2n) is 6.44. The molecule has 7 heteroatoms. The molecular formula is C22H19N5O2. The summed E-state index contributed by atoms with van der Waals surface area (Å²) in [6.45, 7) is 0.0666. The van der Waals surface area contributed by atoms with E-state index in [2.05, 4.69) is 19.9 Å². The minimum absolute atomic E-state index is 0.0666. The van der Waals surface area contributed by atoms with Crippen LogP contribution in [0.15, 0.2) is 78.2 Å². The minimum Gasteiger partial charge on any atom is -0.396 e. The molecule has 0 unspecified atom stereocenters. The molecule has 0 radical (unpaired) electrons. The van der Waals surface area contributed by atoms with Crippen molar-refractivity contribution in [3.63, 3.8) is 0 Å². The lowest BCUT2D eigenvalue weighted by Crippen LogP contribution is -2.22. The lowest BCUT2D eigenvalue weighted by atomic mass is 10.1. The summed E-state index contributed by atoms with van der Waals surface area (Å²) in [6.07, 6.45) is 9.54. The van der Waals surface area contributed by atoms with Crippen molar-refractivity contribution in [3.8, 4) is 28.3 Å². The summed E-state index contributed by atoms with van der Waals surface area (Å²) in [4.78, 5) is 30.2. The molecule has 144 valence electrons. The molecule has 1 aromatic carbocycles. The summed E-state index contributed by atoms with van der Waals surface area (Å²) in [5, 5.41) is 9.18. The number of rotatable bonds is 6. The number of aromatic nitrogens is 5. The molecule has 0 aliphatic heterocycles. The van der Waals surface area contributed by atoms with Gasteiger partial charge in [0.25, 0.3) is 5.56 Å². The zero-order valence-electron chi connectivity index (χ0n) is 15.6. The predicted molar refractivity (Wildman–Crippen MR) is 109 cm³/mol. The number of hydrogen-bond acceptors (Lipinski definition) is 6. The molecule has 4 aromatic rings. The van der Waals surface area contributed by atoms with Crippen molar-refractivity contribution in [2.75, 3.05) is 6.61 Å². The Morgan fingerprint density at radius 1 is 0.897 bits per heavy atom. The first-order chi connectivity index (χ1) is 14.3. The third-order valence-electron chi connectivity index (χ3n) is 4.47. The van der Waals surface area contributed by atoms with E-state index in [1.807, 2.05) is 24.3 Å². The van der Waals surface area contributed by atoms with Crippen LogP contribution in [0.1, 0.15) is 12.1 Å². The highest BCUT2D eigenvalue weighted by atomic mass is 16.2. The maximum Gasteiger partial charge on any atom is 0.281 e. The fourth-order valence-electron chi connectivity index (χ4n) is 3.03. The van der Waals surface area contributed by atoms with Crippen LogP contribution in [0.25, 0.3) is 28.3 Å². The quantitative estimate of drug-likeness (QED) is 0.548. The lowest BCUT2D eigenvalue weighted by molar-refractivity contribution is 0.288. The molecule has 0 fully saturated rings. The minimum atomic E-state index is -0.215. The van der Waals surface area contributed by atoms with Crippen molar-refractivity contribution in [1.29, 1.82) is 0 Å². The third kappa shape index (κ3) is 4.09. The summed E-state index contributed by atoms with van der Waals surface area (Å²) >= 11 is 0. The van der Waals surface area contributed by atoms with Gasteiger partial charge in [0.05, 0.1) is 5.69 Å². The van der Waals surface area contributed by atoms with Crippen LogP contribution < -0.4 is 5.56 Å². The molecule has 0 aliphatic rings. The number of pyridine rings is 1. The van der Waals surface area contributed by atoms with Crippen molar-refractivity contribution in [2.24, 2.45) is 0 Å². The van der Waals surface area contributed by atoms with Crippen molar-refractivity contribution in [3.05, 3.63) is 89.5 Å². The van der Waals surface area contributed by atoms with E-state index in [4.69, 9.17) is 0 Å². The van der Waals surface area contributed by atoms with Crippen LogP contribution in [0.2, 0.25) is 0 Å². The Labute approximate surface area is 167 Å². The van der Waals surface area contributed by atoms with Gasteiger partial charge in [-0.1, -0.05) is 0 Å². The molecule has 29 heavy (non-hydrogen) atoms. The van der Waals surface area contributed by atoms with Crippen LogP contribution in [0.5, 0.6) is 0 Å². The first-order valence-electron chi connectivity index (χ1n) is 9.28. The van der Waals surface area contributed by atoms with Crippen molar-refractivity contribution >= 4 is 0 Å². The smallest absolute Gasteiger partial charge is 0.281 e. The van der Waals surface area contributed by atoms with Crippen LogP contribution in [0.4, 0.5) is 0 Å². The molecule has 1 N–H and O–H groups in total. The first-order valence-corrected chi connectivity index (χ1v) is 9.28. The zero-order valence-corrected chi connectivity index (χ0v) is 15.6. The highest BCUT2D eigenvalue weighted by Gasteiger charge is 2.12. The molecule has 4 rings (SSSR count). The van der Waals surface area contributed by atoms with Crippen molar-refractivity contribution in [1.82, 2.24) is 24.5 Å². The van der Waals surface area contributed by atoms with Gasteiger partial charge in [-0.25, -0.2) is 15.0 Å². The number of hydrogen-bond donors (Lipinski definition) is 1. The Morgan fingerprint density at radius 2 is 1.62 bits per heavy atom. The molecule has 3 aromatic heterocycles. The van der Waals surface area contributed by atoms with E-state index in [1.165, 1.54) is 0 Å². The van der Waals surface area contributed by atoms with Crippen LogP contribution in [-0.4, -0.2) is 36.2 Å². The van der Waals surface area contributed by atoms with E-state index in [1.54, 1.807) is 53.8 Å². The molecule has 0 aliphatic carbocycles. The molecule has 0 saturated heterocycles. The Kier molecular flexibility index (Phi) is 5.49. The molecule has 3 heterocycles. The molecule has 0 bridgehead atoms. The summed E-state index contributed by atoms with van der Waals surface area (Å²) in [7, 11) is 0. The van der Waals surface area contributed by atoms with Crippen LogP contribution in [-0.2, 0) is 6.42 Å². The highest BCUT2D eigenvalue weighted by molar-refractivity contribution is 5.59. The second kappa shape index (κ2) is 8.53. The molecule has 0 saturated carbocycles. The normalized spacial score (nSPS) is 10.8. The molecule has 7 nitrogen and oxygen atoms in total. The molecule has 0 spiro atoms. The average Bonchev–Trinajstić information content (AvgIpc) is 2.79. The van der Waals surface area contributed by atoms with E-state index in [0.29, 0.717) is 29.9 Å². The first kappa shape index (κ1) is 18.6. The maximum atomic E-state index is 13.2.